The second kappa shape index (κ2) is 22.6. The normalized spacial score (nSPS) is 13.7. The van der Waals surface area contributed by atoms with Crippen molar-refractivity contribution in [2.45, 2.75) is 157 Å². The highest BCUT2D eigenvalue weighted by Gasteiger charge is 2.53. The SMILES string of the molecule is CC(C)(C)c1ccc(N(c2ccc(C(C)(C)C)cc2)c2ccc3c(c2)N(c2ccc(C(C)(C)C)cc2-c2ccccc2)c2cc([Si](c4ccccc4)(c4ccccc4)C(C)(C)C)cc4c2B3c2sc3ccc(C(C)(C)C)cc3c2N4c2ccc(C(C)(C)C)cc2)cc1. The van der Waals surface area contributed by atoms with E-state index < -0.39 is 8.07 Å². The van der Waals surface area contributed by atoms with E-state index >= 15 is 0 Å². The number of benzene rings is 10. The molecule has 0 saturated carbocycles. The number of fused-ring (bicyclic) bond motifs is 6. The van der Waals surface area contributed by atoms with Crippen LogP contribution >= 0.6 is 11.3 Å². The molecule has 0 amide bonds. The standard InChI is InChI=1S/C86H92BN3SSi/c1-81(2,3)58-34-42-63(43-35-58)88(64-44-36-59(37-45-64)82(4,5)6)66-48-49-72-74(54-66)90(73-50-40-61(84(10,11)12)52-70(73)57-28-22-19-23-29-57)76-56-69(92(86(16,17)18,67-30-24-20-25-31-67)68-32-26-21-27-33-68)55-75-78(76)87(72)80-79(71-53-62(85(13,14)15)41-51-77(71)91-80)89(75)65-46-38-60(39-47-65)83(7,8)9/h19-56H,1-18H3. The summed E-state index contributed by atoms with van der Waals surface area (Å²) in [6, 6.07) is 90.3. The molecular weight excluding hydrogens is 1150 g/mol. The van der Waals surface area contributed by atoms with Crippen molar-refractivity contribution in [2.24, 2.45) is 0 Å². The first kappa shape index (κ1) is 62.6. The molecule has 1 aromatic heterocycles. The highest BCUT2D eigenvalue weighted by Crippen LogP contribution is 2.52. The zero-order chi connectivity index (χ0) is 65.2. The molecule has 0 bridgehead atoms. The minimum Gasteiger partial charge on any atom is -0.311 e. The molecule has 0 spiro atoms. The van der Waals surface area contributed by atoms with Crippen LogP contribution in [-0.2, 0) is 27.1 Å². The first-order valence-electron chi connectivity index (χ1n) is 33.4. The molecule has 2 aliphatic heterocycles. The summed E-state index contributed by atoms with van der Waals surface area (Å²) in [5, 5.41) is 5.25. The van der Waals surface area contributed by atoms with Crippen LogP contribution in [-0.4, -0.2) is 14.8 Å². The van der Waals surface area contributed by atoms with Crippen molar-refractivity contribution in [1.29, 1.82) is 0 Å². The first-order valence-corrected chi connectivity index (χ1v) is 36.2. The Morgan fingerprint density at radius 3 is 1.28 bits per heavy atom. The zero-order valence-corrected chi connectivity index (χ0v) is 59.6. The number of hydrogen-bond acceptors (Lipinski definition) is 4. The zero-order valence-electron chi connectivity index (χ0n) is 57.8. The van der Waals surface area contributed by atoms with Crippen LogP contribution in [0.3, 0.4) is 0 Å². The number of hydrogen-bond donors (Lipinski definition) is 0. The van der Waals surface area contributed by atoms with Gasteiger partial charge in [-0.3, -0.25) is 0 Å². The van der Waals surface area contributed by atoms with Gasteiger partial charge in [-0.15, -0.1) is 11.3 Å². The summed E-state index contributed by atoms with van der Waals surface area (Å²) >= 11 is 1.99. The van der Waals surface area contributed by atoms with Gasteiger partial charge in [0.1, 0.15) is 0 Å². The Morgan fingerprint density at radius 1 is 0.359 bits per heavy atom. The van der Waals surface area contributed by atoms with Crippen LogP contribution in [0.25, 0.3) is 21.2 Å². The predicted molar refractivity (Wildman–Crippen MR) is 407 cm³/mol. The quantitative estimate of drug-likeness (QED) is 0.105. The summed E-state index contributed by atoms with van der Waals surface area (Å²) < 4.78 is 2.67. The van der Waals surface area contributed by atoms with Crippen LogP contribution in [0.5, 0.6) is 0 Å². The van der Waals surface area contributed by atoms with Gasteiger partial charge in [0.15, 0.2) is 8.07 Å². The lowest BCUT2D eigenvalue weighted by molar-refractivity contribution is 0.590. The fraction of sp³-hybridized carbons (Fsp3) is 0.279. The molecule has 92 heavy (non-hydrogen) atoms. The van der Waals surface area contributed by atoms with E-state index in [4.69, 9.17) is 0 Å². The molecule has 0 aliphatic carbocycles. The smallest absolute Gasteiger partial charge is 0.264 e. The number of nitrogens with zero attached hydrogens (tertiary/aromatic N) is 3. The van der Waals surface area contributed by atoms with E-state index in [1.165, 1.54) is 103 Å². The van der Waals surface area contributed by atoms with E-state index in [1.807, 2.05) is 11.3 Å². The molecular formula is C86H92BN3SSi. The van der Waals surface area contributed by atoms with Crippen LogP contribution in [0.1, 0.15) is 152 Å². The third kappa shape index (κ3) is 10.9. The monoisotopic (exact) mass is 1240 g/mol. The molecule has 0 unspecified atom stereocenters. The molecule has 13 rings (SSSR count). The van der Waals surface area contributed by atoms with Gasteiger partial charge in [0.25, 0.3) is 6.71 Å². The van der Waals surface area contributed by atoms with Crippen molar-refractivity contribution in [3.05, 3.63) is 258 Å². The Kier molecular flexibility index (Phi) is 15.4. The van der Waals surface area contributed by atoms with Crippen LogP contribution < -0.4 is 46.0 Å². The second-order valence-corrected chi connectivity index (χ2v) is 38.2. The summed E-state index contributed by atoms with van der Waals surface area (Å²) in [6.07, 6.45) is 0. The van der Waals surface area contributed by atoms with E-state index in [2.05, 4.69) is 370 Å². The molecule has 2 aliphatic rings. The minimum atomic E-state index is -3.10. The maximum absolute atomic E-state index is 3.10. The summed E-state index contributed by atoms with van der Waals surface area (Å²) in [7, 11) is -3.10. The predicted octanol–water partition coefficient (Wildman–Crippen LogP) is 20.9. The third-order valence-electron chi connectivity index (χ3n) is 19.9. The summed E-state index contributed by atoms with van der Waals surface area (Å²) in [5.74, 6) is 0. The average molecular weight is 1240 g/mol. The molecule has 0 fully saturated rings. The summed E-state index contributed by atoms with van der Waals surface area (Å²) in [5.41, 5.74) is 21.9. The van der Waals surface area contributed by atoms with Gasteiger partial charge in [0, 0.05) is 60.2 Å². The molecule has 0 atom stereocenters. The van der Waals surface area contributed by atoms with Gasteiger partial charge in [-0.25, -0.2) is 0 Å². The Bertz CT molecular complexity index is 4450. The topological polar surface area (TPSA) is 9.72 Å². The van der Waals surface area contributed by atoms with Gasteiger partial charge in [-0.2, -0.15) is 0 Å². The van der Waals surface area contributed by atoms with E-state index in [0.717, 1.165) is 28.4 Å². The number of rotatable bonds is 9. The van der Waals surface area contributed by atoms with E-state index in [-0.39, 0.29) is 38.8 Å². The molecule has 11 aromatic rings. The molecule has 10 aromatic carbocycles. The lowest BCUT2D eigenvalue weighted by Crippen LogP contribution is -2.72. The largest absolute Gasteiger partial charge is 0.311 e. The minimum absolute atomic E-state index is 0.00614. The maximum atomic E-state index is 2.73. The maximum Gasteiger partial charge on any atom is 0.264 e. The van der Waals surface area contributed by atoms with Crippen molar-refractivity contribution in [3.63, 3.8) is 0 Å². The number of anilines is 9. The first-order chi connectivity index (χ1) is 43.4. The molecule has 3 heterocycles. The third-order valence-corrected chi connectivity index (χ3v) is 26.9. The van der Waals surface area contributed by atoms with Crippen LogP contribution in [0.15, 0.2) is 231 Å². The van der Waals surface area contributed by atoms with Crippen LogP contribution in [0.2, 0.25) is 5.04 Å². The van der Waals surface area contributed by atoms with Gasteiger partial charge in [0.05, 0.1) is 11.4 Å². The Balaban J connectivity index is 1.22. The van der Waals surface area contributed by atoms with Crippen LogP contribution in [0.4, 0.5) is 51.2 Å². The van der Waals surface area contributed by atoms with Crippen molar-refractivity contribution >= 4 is 119 Å². The average Bonchev–Trinajstić information content (AvgIpc) is 1.14. The lowest BCUT2D eigenvalue weighted by Gasteiger charge is -2.48. The van der Waals surface area contributed by atoms with Crippen molar-refractivity contribution in [1.82, 2.24) is 0 Å². The second-order valence-electron chi connectivity index (χ2n) is 32.4. The molecule has 0 N–H and O–H groups in total. The van der Waals surface area contributed by atoms with E-state index in [0.29, 0.717) is 0 Å². The fourth-order valence-electron chi connectivity index (χ4n) is 14.8. The van der Waals surface area contributed by atoms with Crippen molar-refractivity contribution < 1.29 is 0 Å². The summed E-state index contributed by atoms with van der Waals surface area (Å²) in [4.78, 5) is 7.94. The Labute approximate surface area is 555 Å². The molecule has 6 heteroatoms. The van der Waals surface area contributed by atoms with Gasteiger partial charge < -0.3 is 14.7 Å². The Morgan fingerprint density at radius 2 is 0.793 bits per heavy atom. The van der Waals surface area contributed by atoms with Crippen molar-refractivity contribution in [3.8, 4) is 11.1 Å². The number of thiophene rings is 1. The molecule has 3 nitrogen and oxygen atoms in total. The van der Waals surface area contributed by atoms with Gasteiger partial charge in [-0.1, -0.05) is 270 Å². The molecule has 0 saturated heterocycles. The Hall–Kier alpha value is -8.16. The van der Waals surface area contributed by atoms with E-state index in [9.17, 15) is 0 Å². The van der Waals surface area contributed by atoms with Gasteiger partial charge in [0.2, 0.25) is 0 Å². The molecule has 464 valence electrons. The fourth-order valence-corrected chi connectivity index (χ4v) is 21.8. The molecule has 0 radical (unpaired) electrons. The van der Waals surface area contributed by atoms with E-state index in [1.54, 1.807) is 0 Å². The lowest BCUT2D eigenvalue weighted by atomic mass is 9.36. The van der Waals surface area contributed by atoms with Gasteiger partial charge in [-0.05, 0) is 177 Å². The highest BCUT2D eigenvalue weighted by atomic mass is 32.1. The summed E-state index contributed by atoms with van der Waals surface area (Å²) in [6.45, 7) is 42.4. The highest BCUT2D eigenvalue weighted by molar-refractivity contribution is 7.33. The van der Waals surface area contributed by atoms with Crippen LogP contribution in [0, 0.1) is 0 Å². The van der Waals surface area contributed by atoms with Gasteiger partial charge >= 0.3 is 0 Å². The van der Waals surface area contributed by atoms with Crippen molar-refractivity contribution in [2.75, 3.05) is 14.7 Å².